The summed E-state index contributed by atoms with van der Waals surface area (Å²) in [5, 5.41) is 3.07. The Labute approximate surface area is 166 Å². The average molecular weight is 408 g/mol. The lowest BCUT2D eigenvalue weighted by Crippen LogP contribution is -2.32. The normalized spacial score (nSPS) is 11.6. The van der Waals surface area contributed by atoms with Crippen LogP contribution in [-0.2, 0) is 17.8 Å². The van der Waals surface area contributed by atoms with Gasteiger partial charge in [-0.25, -0.2) is 14.8 Å². The second-order valence-corrected chi connectivity index (χ2v) is 7.70. The molecule has 3 rings (SSSR count). The van der Waals surface area contributed by atoms with Crippen molar-refractivity contribution < 1.29 is 9.53 Å². The number of carbonyl (C=O) groups excluding carboxylic acids is 1. The highest BCUT2D eigenvalue weighted by atomic mass is 35.5. The molecular weight excluding hydrogens is 389 g/mol. The summed E-state index contributed by atoms with van der Waals surface area (Å²) in [6.07, 6.45) is 1.21. The van der Waals surface area contributed by atoms with Gasteiger partial charge in [0.2, 0.25) is 5.28 Å². The van der Waals surface area contributed by atoms with Crippen molar-refractivity contribution in [2.45, 2.75) is 39.5 Å². The number of nitrogens with zero attached hydrogens (tertiary/aromatic N) is 4. The molecule has 0 saturated carbocycles. The van der Waals surface area contributed by atoms with Crippen LogP contribution >= 0.6 is 23.2 Å². The van der Waals surface area contributed by atoms with Crippen LogP contribution in [0.1, 0.15) is 31.9 Å². The number of ether oxygens (including phenoxy) is 1. The predicted molar refractivity (Wildman–Crippen MR) is 104 cm³/mol. The molecule has 0 aliphatic carbocycles. The van der Waals surface area contributed by atoms with E-state index in [0.717, 1.165) is 11.1 Å². The fraction of sp³-hybridized carbons (Fsp3) is 0.333. The lowest BCUT2D eigenvalue weighted by Gasteiger charge is -2.19. The van der Waals surface area contributed by atoms with Crippen molar-refractivity contribution in [2.24, 2.45) is 0 Å². The summed E-state index contributed by atoms with van der Waals surface area (Å²) < 4.78 is 7.08. The Morgan fingerprint density at radius 3 is 2.48 bits per heavy atom. The lowest BCUT2D eigenvalue weighted by molar-refractivity contribution is 0.0523. The number of hydrogen-bond acceptors (Lipinski definition) is 5. The quantitative estimate of drug-likeness (QED) is 0.517. The minimum atomic E-state index is -0.517. The topological polar surface area (TPSA) is 81.9 Å². The molecule has 0 atom stereocenters. The minimum Gasteiger partial charge on any atom is -0.444 e. The maximum atomic E-state index is 11.7. The van der Waals surface area contributed by atoms with Crippen LogP contribution in [0.2, 0.25) is 10.4 Å². The number of hydrogen-bond donors (Lipinski definition) is 1. The Kier molecular flexibility index (Phi) is 5.53. The summed E-state index contributed by atoms with van der Waals surface area (Å²) in [6.45, 7) is 6.42. The highest BCUT2D eigenvalue weighted by molar-refractivity contribution is 6.35. The number of rotatable bonds is 4. The van der Waals surface area contributed by atoms with Crippen molar-refractivity contribution in [3.05, 3.63) is 52.2 Å². The van der Waals surface area contributed by atoms with E-state index in [1.165, 1.54) is 0 Å². The monoisotopic (exact) mass is 407 g/mol. The maximum absolute atomic E-state index is 11.7. The molecule has 2 heterocycles. The van der Waals surface area contributed by atoms with Crippen LogP contribution in [0.25, 0.3) is 11.2 Å². The van der Waals surface area contributed by atoms with Crippen LogP contribution in [0.15, 0.2) is 30.6 Å². The summed E-state index contributed by atoms with van der Waals surface area (Å²) in [5.74, 6) is 0. The highest BCUT2D eigenvalue weighted by Crippen LogP contribution is 2.22. The number of imidazole rings is 1. The van der Waals surface area contributed by atoms with E-state index in [1.807, 2.05) is 49.6 Å². The Bertz CT molecular complexity index is 964. The first-order valence-electron chi connectivity index (χ1n) is 8.30. The van der Waals surface area contributed by atoms with Crippen molar-refractivity contribution in [1.82, 2.24) is 24.8 Å². The molecular formula is C18H19Cl2N5O2. The molecule has 1 amide bonds. The van der Waals surface area contributed by atoms with Crippen LogP contribution in [0.4, 0.5) is 4.79 Å². The fourth-order valence-corrected chi connectivity index (χ4v) is 2.96. The number of fused-ring (bicyclic) bond motifs is 1. The number of alkyl carbamates (subject to hydrolysis) is 1. The SMILES string of the molecule is CC(C)(C)OC(=O)NCc1ccc(Cn2cnc3nc(Cl)nc(Cl)c32)cc1. The van der Waals surface area contributed by atoms with Crippen LogP contribution < -0.4 is 5.32 Å². The van der Waals surface area contributed by atoms with Gasteiger partial charge in [-0.15, -0.1) is 0 Å². The first-order valence-corrected chi connectivity index (χ1v) is 9.05. The molecule has 1 N–H and O–H groups in total. The van der Waals surface area contributed by atoms with Gasteiger partial charge in [0.25, 0.3) is 0 Å². The summed E-state index contributed by atoms with van der Waals surface area (Å²) in [5.41, 5.74) is 2.58. The molecule has 0 aliphatic heterocycles. The van der Waals surface area contributed by atoms with E-state index in [1.54, 1.807) is 6.33 Å². The Balaban J connectivity index is 1.65. The molecule has 27 heavy (non-hydrogen) atoms. The van der Waals surface area contributed by atoms with Crippen LogP contribution in [-0.4, -0.2) is 31.2 Å². The van der Waals surface area contributed by atoms with Crippen LogP contribution in [0.3, 0.4) is 0 Å². The van der Waals surface area contributed by atoms with Crippen molar-refractivity contribution in [3.63, 3.8) is 0 Å². The van der Waals surface area contributed by atoms with Gasteiger partial charge in [0.1, 0.15) is 11.1 Å². The molecule has 0 bridgehead atoms. The standard InChI is InChI=1S/C18H19Cl2N5O2/c1-18(2,3)27-17(26)21-8-11-4-6-12(7-5-11)9-25-10-22-15-13(25)14(19)23-16(20)24-15/h4-7,10H,8-9H2,1-3H3,(H,21,26). The first-order chi connectivity index (χ1) is 12.7. The third-order valence-corrected chi connectivity index (χ3v) is 4.05. The molecule has 0 unspecified atom stereocenters. The highest BCUT2D eigenvalue weighted by Gasteiger charge is 2.15. The third kappa shape index (κ3) is 5.08. The third-order valence-electron chi connectivity index (χ3n) is 3.61. The maximum Gasteiger partial charge on any atom is 0.407 e. The number of halogens is 2. The second kappa shape index (κ2) is 7.70. The number of carbonyl (C=O) groups is 1. The largest absolute Gasteiger partial charge is 0.444 e. The van der Waals surface area contributed by atoms with Crippen molar-refractivity contribution in [1.29, 1.82) is 0 Å². The molecule has 0 spiro atoms. The summed E-state index contributed by atoms with van der Waals surface area (Å²) in [4.78, 5) is 24.0. The molecule has 9 heteroatoms. The van der Waals surface area contributed by atoms with E-state index >= 15 is 0 Å². The summed E-state index contributed by atoms with van der Waals surface area (Å²) >= 11 is 12.0. The van der Waals surface area contributed by atoms with E-state index in [-0.39, 0.29) is 10.4 Å². The fourth-order valence-electron chi connectivity index (χ4n) is 2.48. The average Bonchev–Trinajstić information content (AvgIpc) is 2.95. The van der Waals surface area contributed by atoms with Gasteiger partial charge in [-0.1, -0.05) is 35.9 Å². The molecule has 7 nitrogen and oxygen atoms in total. The van der Waals surface area contributed by atoms with E-state index in [0.29, 0.717) is 24.3 Å². The number of aromatic nitrogens is 4. The molecule has 0 radical (unpaired) electrons. The Morgan fingerprint density at radius 1 is 1.15 bits per heavy atom. The molecule has 0 saturated heterocycles. The number of benzene rings is 1. The Hall–Kier alpha value is -2.38. The number of nitrogens with one attached hydrogen (secondary N) is 1. The van der Waals surface area contributed by atoms with Gasteiger partial charge in [-0.2, -0.15) is 4.98 Å². The number of amides is 1. The van der Waals surface area contributed by atoms with E-state index < -0.39 is 11.7 Å². The summed E-state index contributed by atoms with van der Waals surface area (Å²) in [7, 11) is 0. The van der Waals surface area contributed by atoms with Gasteiger partial charge >= 0.3 is 6.09 Å². The zero-order valence-electron chi connectivity index (χ0n) is 15.2. The lowest BCUT2D eigenvalue weighted by atomic mass is 10.1. The van der Waals surface area contributed by atoms with E-state index in [9.17, 15) is 4.79 Å². The van der Waals surface area contributed by atoms with E-state index in [4.69, 9.17) is 27.9 Å². The molecule has 1 aromatic carbocycles. The van der Waals surface area contributed by atoms with Crippen LogP contribution in [0, 0.1) is 0 Å². The predicted octanol–water partition coefficient (Wildman–Crippen LogP) is 4.21. The van der Waals surface area contributed by atoms with Gasteiger partial charge in [0, 0.05) is 13.1 Å². The molecule has 142 valence electrons. The molecule has 2 aromatic heterocycles. The van der Waals surface area contributed by atoms with Gasteiger partial charge in [0.15, 0.2) is 10.8 Å². The first kappa shape index (κ1) is 19.4. The van der Waals surface area contributed by atoms with Crippen molar-refractivity contribution >= 4 is 40.5 Å². The summed E-state index contributed by atoms with van der Waals surface area (Å²) in [6, 6.07) is 7.84. The van der Waals surface area contributed by atoms with Gasteiger partial charge in [-0.05, 0) is 43.5 Å². The molecule has 0 fully saturated rings. The second-order valence-electron chi connectivity index (χ2n) is 7.00. The van der Waals surface area contributed by atoms with Gasteiger partial charge < -0.3 is 14.6 Å². The Morgan fingerprint density at radius 2 is 1.81 bits per heavy atom. The van der Waals surface area contributed by atoms with Crippen LogP contribution in [0.5, 0.6) is 0 Å². The van der Waals surface area contributed by atoms with Crippen molar-refractivity contribution in [3.8, 4) is 0 Å². The van der Waals surface area contributed by atoms with E-state index in [2.05, 4.69) is 20.3 Å². The molecule has 3 aromatic rings. The van der Waals surface area contributed by atoms with Gasteiger partial charge in [0.05, 0.1) is 6.33 Å². The zero-order valence-corrected chi connectivity index (χ0v) is 16.7. The van der Waals surface area contributed by atoms with Gasteiger partial charge in [-0.3, -0.25) is 0 Å². The smallest absolute Gasteiger partial charge is 0.407 e. The minimum absolute atomic E-state index is 0.0691. The molecule has 0 aliphatic rings. The van der Waals surface area contributed by atoms with Crippen molar-refractivity contribution in [2.75, 3.05) is 0 Å². The zero-order chi connectivity index (χ0) is 19.6.